The van der Waals surface area contributed by atoms with Crippen LogP contribution in [0.4, 0.5) is 0 Å². The number of nitrogens with zero attached hydrogens (tertiary/aromatic N) is 3. The van der Waals surface area contributed by atoms with Crippen LogP contribution in [0.2, 0.25) is 0 Å². The Hall–Kier alpha value is -2.65. The fourth-order valence-electron chi connectivity index (χ4n) is 2.47. The van der Waals surface area contributed by atoms with Gasteiger partial charge >= 0.3 is 0 Å². The smallest absolute Gasteiger partial charge is 0.216 e. The van der Waals surface area contributed by atoms with Crippen LogP contribution in [0, 0.1) is 4.77 Å². The molecule has 0 aliphatic carbocycles. The van der Waals surface area contributed by atoms with Crippen LogP contribution in [-0.4, -0.2) is 42.4 Å². The number of benzene rings is 2. The topological polar surface area (TPSA) is 73.7 Å². The fourth-order valence-corrected chi connectivity index (χ4v) is 2.91. The Kier molecular flexibility index (Phi) is 5.92. The van der Waals surface area contributed by atoms with Crippen molar-refractivity contribution in [1.82, 2.24) is 14.9 Å². The number of hydrogen-bond donors (Lipinski definition) is 1. The summed E-state index contributed by atoms with van der Waals surface area (Å²) in [4.78, 5) is 0. The van der Waals surface area contributed by atoms with Crippen molar-refractivity contribution in [2.75, 3.05) is 21.3 Å². The molecule has 7 nitrogen and oxygen atoms in total. The van der Waals surface area contributed by atoms with Crippen LogP contribution >= 0.6 is 28.1 Å². The Morgan fingerprint density at radius 3 is 2.26 bits per heavy atom. The molecule has 0 fully saturated rings. The van der Waals surface area contributed by atoms with Crippen molar-refractivity contribution in [3.05, 3.63) is 51.2 Å². The molecule has 3 rings (SSSR count). The van der Waals surface area contributed by atoms with Crippen LogP contribution in [0.5, 0.6) is 17.2 Å². The number of nitrogens with one attached hydrogen (secondary N) is 1. The summed E-state index contributed by atoms with van der Waals surface area (Å²) in [5.41, 5.74) is 1.64. The summed E-state index contributed by atoms with van der Waals surface area (Å²) in [6, 6.07) is 11.3. The van der Waals surface area contributed by atoms with E-state index in [1.165, 1.54) is 4.68 Å². The molecular formula is C18H17BrN4O3S. The summed E-state index contributed by atoms with van der Waals surface area (Å²) < 4.78 is 19.1. The molecule has 0 radical (unpaired) electrons. The number of rotatable bonds is 6. The normalized spacial score (nSPS) is 11.0. The molecule has 2 aromatic carbocycles. The highest BCUT2D eigenvalue weighted by Gasteiger charge is 2.17. The van der Waals surface area contributed by atoms with E-state index in [0.717, 1.165) is 10.0 Å². The number of hydrogen-bond acceptors (Lipinski definition) is 6. The van der Waals surface area contributed by atoms with E-state index in [0.29, 0.717) is 33.4 Å². The highest BCUT2D eigenvalue weighted by molar-refractivity contribution is 9.10. The van der Waals surface area contributed by atoms with E-state index in [9.17, 15) is 0 Å². The van der Waals surface area contributed by atoms with Gasteiger partial charge in [-0.1, -0.05) is 28.1 Å². The van der Waals surface area contributed by atoms with Gasteiger partial charge in [0.05, 0.1) is 27.5 Å². The minimum absolute atomic E-state index is 0.368. The minimum Gasteiger partial charge on any atom is -0.493 e. The Morgan fingerprint density at radius 2 is 1.70 bits per heavy atom. The lowest BCUT2D eigenvalue weighted by molar-refractivity contribution is 0.324. The zero-order valence-electron chi connectivity index (χ0n) is 14.9. The Morgan fingerprint density at radius 1 is 1.07 bits per heavy atom. The number of halogens is 1. The van der Waals surface area contributed by atoms with Crippen LogP contribution in [0.1, 0.15) is 5.56 Å². The first-order chi connectivity index (χ1) is 13.1. The quantitative estimate of drug-likeness (QED) is 0.449. The first-order valence-corrected chi connectivity index (χ1v) is 9.05. The fraction of sp³-hybridized carbons (Fsp3) is 0.167. The molecule has 0 amide bonds. The molecule has 1 N–H and O–H groups in total. The summed E-state index contributed by atoms with van der Waals surface area (Å²) in [6.07, 6.45) is 1.71. The van der Waals surface area contributed by atoms with Crippen molar-refractivity contribution >= 4 is 34.4 Å². The van der Waals surface area contributed by atoms with E-state index >= 15 is 0 Å². The van der Waals surface area contributed by atoms with Gasteiger partial charge in [0, 0.05) is 10.0 Å². The average Bonchev–Trinajstić information content (AvgIpc) is 3.06. The molecule has 0 aliphatic heterocycles. The molecule has 0 bridgehead atoms. The van der Waals surface area contributed by atoms with E-state index in [-0.39, 0.29) is 0 Å². The van der Waals surface area contributed by atoms with Crippen LogP contribution in [-0.2, 0) is 0 Å². The maximum absolute atomic E-state index is 5.41. The van der Waals surface area contributed by atoms with Gasteiger partial charge in [-0.3, -0.25) is 0 Å². The van der Waals surface area contributed by atoms with Crippen molar-refractivity contribution in [2.45, 2.75) is 0 Å². The first-order valence-electron chi connectivity index (χ1n) is 7.85. The van der Waals surface area contributed by atoms with Crippen LogP contribution in [0.25, 0.3) is 11.4 Å². The lowest BCUT2D eigenvalue weighted by atomic mass is 10.1. The molecule has 9 heteroatoms. The second kappa shape index (κ2) is 8.36. The number of aromatic nitrogens is 3. The van der Waals surface area contributed by atoms with Crippen molar-refractivity contribution in [3.63, 3.8) is 0 Å². The summed E-state index contributed by atoms with van der Waals surface area (Å²) in [7, 11) is 4.67. The Labute approximate surface area is 169 Å². The molecule has 27 heavy (non-hydrogen) atoms. The molecule has 1 aromatic heterocycles. The maximum atomic E-state index is 5.41. The summed E-state index contributed by atoms with van der Waals surface area (Å²) in [6.45, 7) is 0. The predicted octanol–water partition coefficient (Wildman–Crippen LogP) is 4.28. The van der Waals surface area contributed by atoms with Gasteiger partial charge in [-0.2, -0.15) is 14.9 Å². The molecule has 0 unspecified atom stereocenters. The zero-order valence-corrected chi connectivity index (χ0v) is 17.3. The molecule has 0 saturated heterocycles. The van der Waals surface area contributed by atoms with Crippen LogP contribution in [0.3, 0.4) is 0 Å². The van der Waals surface area contributed by atoms with Gasteiger partial charge in [-0.25, -0.2) is 5.10 Å². The maximum Gasteiger partial charge on any atom is 0.216 e. The number of ether oxygens (including phenoxy) is 3. The van der Waals surface area contributed by atoms with Gasteiger partial charge in [-0.05, 0) is 42.0 Å². The van der Waals surface area contributed by atoms with Gasteiger partial charge in [0.1, 0.15) is 0 Å². The number of H-pyrrole nitrogens is 1. The zero-order chi connectivity index (χ0) is 19.4. The second-order valence-electron chi connectivity index (χ2n) is 5.37. The van der Waals surface area contributed by atoms with Crippen molar-refractivity contribution in [2.24, 2.45) is 5.10 Å². The monoisotopic (exact) mass is 448 g/mol. The van der Waals surface area contributed by atoms with Crippen LogP contribution in [0.15, 0.2) is 46.0 Å². The van der Waals surface area contributed by atoms with Crippen molar-refractivity contribution in [1.29, 1.82) is 0 Å². The molecule has 3 aromatic rings. The SMILES string of the molecule is COc1cc(-c2n[nH]c(=S)n2/N=C/c2ccc(Br)cc2)cc(OC)c1OC. The minimum atomic E-state index is 0.368. The van der Waals surface area contributed by atoms with E-state index in [1.54, 1.807) is 39.7 Å². The molecule has 0 atom stereocenters. The highest BCUT2D eigenvalue weighted by atomic mass is 79.9. The summed E-state index contributed by atoms with van der Waals surface area (Å²) >= 11 is 8.73. The third-order valence-electron chi connectivity index (χ3n) is 3.77. The standard InChI is InChI=1S/C18H17BrN4O3S/c1-24-14-8-12(9-15(25-2)16(14)26-3)17-21-22-18(27)23(17)20-10-11-4-6-13(19)7-5-11/h4-10H,1-3H3,(H,22,27)/b20-10+. The van der Waals surface area contributed by atoms with Crippen molar-refractivity contribution in [3.8, 4) is 28.6 Å². The first kappa shape index (κ1) is 19.1. The van der Waals surface area contributed by atoms with Gasteiger partial charge in [-0.15, -0.1) is 0 Å². The summed E-state index contributed by atoms with van der Waals surface area (Å²) in [5.74, 6) is 2.06. The van der Waals surface area contributed by atoms with E-state index in [1.807, 2.05) is 24.3 Å². The van der Waals surface area contributed by atoms with Crippen LogP contribution < -0.4 is 14.2 Å². The predicted molar refractivity (Wildman–Crippen MR) is 110 cm³/mol. The third kappa shape index (κ3) is 4.04. The van der Waals surface area contributed by atoms with E-state index in [2.05, 4.69) is 31.2 Å². The largest absolute Gasteiger partial charge is 0.493 e. The van der Waals surface area contributed by atoms with E-state index in [4.69, 9.17) is 26.4 Å². The van der Waals surface area contributed by atoms with Gasteiger partial charge < -0.3 is 14.2 Å². The Bertz CT molecular complexity index is 1000. The Balaban J connectivity index is 2.06. The molecule has 1 heterocycles. The van der Waals surface area contributed by atoms with E-state index < -0.39 is 0 Å². The average molecular weight is 449 g/mol. The van der Waals surface area contributed by atoms with Gasteiger partial charge in [0.2, 0.25) is 10.5 Å². The highest BCUT2D eigenvalue weighted by Crippen LogP contribution is 2.40. The van der Waals surface area contributed by atoms with Crippen molar-refractivity contribution < 1.29 is 14.2 Å². The summed E-state index contributed by atoms with van der Waals surface area (Å²) in [5, 5.41) is 11.5. The number of methoxy groups -OCH3 is 3. The van der Waals surface area contributed by atoms with Gasteiger partial charge in [0.25, 0.3) is 0 Å². The number of aromatic amines is 1. The molecule has 140 valence electrons. The molecule has 0 saturated carbocycles. The molecule has 0 aliphatic rings. The third-order valence-corrected chi connectivity index (χ3v) is 4.56. The lowest BCUT2D eigenvalue weighted by Crippen LogP contribution is -1.99. The second-order valence-corrected chi connectivity index (χ2v) is 6.68. The van der Waals surface area contributed by atoms with Gasteiger partial charge in [0.15, 0.2) is 17.3 Å². The lowest BCUT2D eigenvalue weighted by Gasteiger charge is -2.13. The molecule has 0 spiro atoms. The molecular weight excluding hydrogens is 432 g/mol.